The number of amides is 1. The van der Waals surface area contributed by atoms with E-state index in [1.54, 1.807) is 0 Å². The van der Waals surface area contributed by atoms with E-state index in [1.165, 1.54) is 32.2 Å². The highest BCUT2D eigenvalue weighted by Gasteiger charge is 2.49. The number of nitrogens with one attached hydrogen (secondary N) is 1. The van der Waals surface area contributed by atoms with E-state index in [0.29, 0.717) is 5.92 Å². The lowest BCUT2D eigenvalue weighted by Crippen LogP contribution is -2.51. The molecule has 1 N–H and O–H groups in total. The van der Waals surface area contributed by atoms with Crippen molar-refractivity contribution in [1.82, 2.24) is 10.2 Å². The Balaban J connectivity index is 1.46. The lowest BCUT2D eigenvalue weighted by molar-refractivity contribution is -0.134. The third-order valence-electron chi connectivity index (χ3n) is 5.64. The van der Waals surface area contributed by atoms with Gasteiger partial charge in [-0.25, -0.2) is 0 Å². The summed E-state index contributed by atoms with van der Waals surface area (Å²) < 4.78 is 0. The summed E-state index contributed by atoms with van der Waals surface area (Å²) in [5, 5.41) is 12.5. The molecule has 0 aromatic rings. The number of carbonyl (C=O) groups excluding carboxylic acids is 1. The molecule has 0 spiro atoms. The maximum atomic E-state index is 12.4. The zero-order valence-corrected chi connectivity index (χ0v) is 13.1. The van der Waals surface area contributed by atoms with Gasteiger partial charge in [0.25, 0.3) is 0 Å². The minimum atomic E-state index is -0.724. The summed E-state index contributed by atoms with van der Waals surface area (Å²) in [4.78, 5) is 14.9. The average molecular weight is 289 g/mol. The van der Waals surface area contributed by atoms with Gasteiger partial charge < -0.3 is 10.2 Å². The Morgan fingerprint density at radius 1 is 1.33 bits per heavy atom. The van der Waals surface area contributed by atoms with E-state index >= 15 is 0 Å². The summed E-state index contributed by atoms with van der Waals surface area (Å²) in [6.07, 6.45) is 8.03. The fourth-order valence-electron chi connectivity index (χ4n) is 4.46. The number of nitrogens with zero attached hydrogens (tertiary/aromatic N) is 2. The Hall–Kier alpha value is -1.08. The van der Waals surface area contributed by atoms with Crippen LogP contribution in [0.3, 0.4) is 0 Å². The number of likely N-dealkylation sites (tertiary alicyclic amines) is 1. The van der Waals surface area contributed by atoms with Crippen LogP contribution >= 0.6 is 0 Å². The lowest BCUT2D eigenvalue weighted by Gasteiger charge is -2.39. The van der Waals surface area contributed by atoms with Crippen molar-refractivity contribution in [1.29, 1.82) is 5.26 Å². The van der Waals surface area contributed by atoms with Crippen molar-refractivity contribution in [2.75, 3.05) is 19.6 Å². The van der Waals surface area contributed by atoms with Crippen LogP contribution in [0.25, 0.3) is 0 Å². The second kappa shape index (κ2) is 5.96. The van der Waals surface area contributed by atoms with Gasteiger partial charge in [0.1, 0.15) is 5.41 Å². The van der Waals surface area contributed by atoms with Gasteiger partial charge in [-0.1, -0.05) is 19.8 Å². The first-order valence-electron chi connectivity index (χ1n) is 8.56. The van der Waals surface area contributed by atoms with Gasteiger partial charge in [0.15, 0.2) is 0 Å². The van der Waals surface area contributed by atoms with Crippen molar-refractivity contribution in [3.8, 4) is 6.07 Å². The largest absolute Gasteiger partial charge is 0.351 e. The zero-order chi connectivity index (χ0) is 14.9. The third-order valence-corrected chi connectivity index (χ3v) is 5.64. The van der Waals surface area contributed by atoms with Crippen molar-refractivity contribution >= 4 is 5.91 Å². The number of hydrogen-bond donors (Lipinski definition) is 1. The van der Waals surface area contributed by atoms with Gasteiger partial charge in [-0.2, -0.15) is 5.26 Å². The van der Waals surface area contributed by atoms with Gasteiger partial charge in [0.2, 0.25) is 5.91 Å². The first-order chi connectivity index (χ1) is 10.1. The van der Waals surface area contributed by atoms with Gasteiger partial charge in [-0.15, -0.1) is 0 Å². The molecule has 1 saturated heterocycles. The van der Waals surface area contributed by atoms with Crippen molar-refractivity contribution in [3.63, 3.8) is 0 Å². The average Bonchev–Trinajstić information content (AvgIpc) is 3.07. The Bertz CT molecular complexity index is 430. The molecule has 0 aromatic carbocycles. The van der Waals surface area contributed by atoms with E-state index in [-0.39, 0.29) is 11.9 Å². The fraction of sp³-hybridized carbons (Fsp3) is 0.882. The summed E-state index contributed by atoms with van der Waals surface area (Å²) in [6, 6.07) is 2.51. The lowest BCUT2D eigenvalue weighted by atomic mass is 9.63. The molecule has 1 atom stereocenters. The molecule has 3 fully saturated rings. The molecule has 0 bridgehead atoms. The summed E-state index contributed by atoms with van der Waals surface area (Å²) in [7, 11) is 0. The van der Waals surface area contributed by atoms with Gasteiger partial charge in [-0.05, 0) is 43.9 Å². The van der Waals surface area contributed by atoms with Gasteiger partial charge in [0, 0.05) is 25.7 Å². The highest BCUT2D eigenvalue weighted by Crippen LogP contribution is 2.45. The summed E-state index contributed by atoms with van der Waals surface area (Å²) in [5.74, 6) is 1.37. The number of carbonyl (C=O) groups is 1. The van der Waals surface area contributed by atoms with Crippen LogP contribution in [0.4, 0.5) is 0 Å². The first kappa shape index (κ1) is 14.8. The Morgan fingerprint density at radius 3 is 2.67 bits per heavy atom. The Morgan fingerprint density at radius 2 is 2.05 bits per heavy atom. The topological polar surface area (TPSA) is 56.1 Å². The van der Waals surface area contributed by atoms with Crippen molar-refractivity contribution in [2.45, 2.75) is 57.9 Å². The summed E-state index contributed by atoms with van der Waals surface area (Å²) >= 11 is 0. The summed E-state index contributed by atoms with van der Waals surface area (Å²) in [5.41, 5.74) is -0.724. The molecule has 1 amide bonds. The SMILES string of the molecule is CC1CC(C#N)(C(=O)N[C@H]2CCN(CC3CCCC3)C2)C1. The van der Waals surface area contributed by atoms with E-state index in [9.17, 15) is 10.1 Å². The molecule has 4 nitrogen and oxygen atoms in total. The Kier molecular flexibility index (Phi) is 4.21. The predicted octanol–water partition coefficient (Wildman–Crippen LogP) is 2.31. The normalized spacial score (nSPS) is 37.1. The summed E-state index contributed by atoms with van der Waals surface area (Å²) in [6.45, 7) is 5.38. The molecule has 3 aliphatic rings. The molecule has 21 heavy (non-hydrogen) atoms. The number of rotatable bonds is 4. The zero-order valence-electron chi connectivity index (χ0n) is 13.1. The first-order valence-corrected chi connectivity index (χ1v) is 8.56. The van der Waals surface area contributed by atoms with E-state index in [4.69, 9.17) is 0 Å². The van der Waals surface area contributed by atoms with Crippen molar-refractivity contribution in [2.24, 2.45) is 17.3 Å². The van der Waals surface area contributed by atoms with Crippen LogP contribution < -0.4 is 5.32 Å². The maximum absolute atomic E-state index is 12.4. The minimum absolute atomic E-state index is 0.0178. The predicted molar refractivity (Wildman–Crippen MR) is 81.4 cm³/mol. The standard InChI is InChI=1S/C17H27N3O/c1-13-8-17(9-13,12-18)16(21)19-15-6-7-20(11-15)10-14-4-2-3-5-14/h13-15H,2-11H2,1H3,(H,19,21)/t13?,15-,17?/m0/s1. The Labute approximate surface area is 127 Å². The monoisotopic (exact) mass is 289 g/mol. The van der Waals surface area contributed by atoms with Crippen LogP contribution in [0.5, 0.6) is 0 Å². The smallest absolute Gasteiger partial charge is 0.240 e. The van der Waals surface area contributed by atoms with Crippen molar-refractivity contribution < 1.29 is 4.79 Å². The van der Waals surface area contributed by atoms with Crippen LogP contribution in [-0.4, -0.2) is 36.5 Å². The number of nitriles is 1. The van der Waals surface area contributed by atoms with Crippen LogP contribution in [0.1, 0.15) is 51.9 Å². The van der Waals surface area contributed by atoms with Crippen molar-refractivity contribution in [3.05, 3.63) is 0 Å². The molecular weight excluding hydrogens is 262 g/mol. The highest BCUT2D eigenvalue weighted by atomic mass is 16.2. The third kappa shape index (κ3) is 3.08. The van der Waals surface area contributed by atoms with Crippen LogP contribution in [0.15, 0.2) is 0 Å². The molecule has 0 aromatic heterocycles. The molecular formula is C17H27N3O. The molecule has 2 aliphatic carbocycles. The fourth-order valence-corrected chi connectivity index (χ4v) is 4.46. The molecule has 1 aliphatic heterocycles. The van der Waals surface area contributed by atoms with Crippen LogP contribution in [0.2, 0.25) is 0 Å². The highest BCUT2D eigenvalue weighted by molar-refractivity contribution is 5.86. The molecule has 3 rings (SSSR count). The molecule has 1 heterocycles. The van der Waals surface area contributed by atoms with Crippen LogP contribution in [0, 0.1) is 28.6 Å². The second-order valence-electron chi connectivity index (χ2n) is 7.58. The molecule has 2 saturated carbocycles. The van der Waals surface area contributed by atoms with Gasteiger partial charge in [-0.3, -0.25) is 4.79 Å². The number of hydrogen-bond acceptors (Lipinski definition) is 3. The molecule has 116 valence electrons. The molecule has 0 unspecified atom stereocenters. The van der Waals surface area contributed by atoms with Crippen LogP contribution in [-0.2, 0) is 4.79 Å². The van der Waals surface area contributed by atoms with E-state index in [0.717, 1.165) is 38.3 Å². The minimum Gasteiger partial charge on any atom is -0.351 e. The molecule has 4 heteroatoms. The molecule has 0 radical (unpaired) electrons. The van der Waals surface area contributed by atoms with E-state index in [1.807, 2.05) is 0 Å². The van der Waals surface area contributed by atoms with E-state index < -0.39 is 5.41 Å². The van der Waals surface area contributed by atoms with Gasteiger partial charge in [0.05, 0.1) is 6.07 Å². The van der Waals surface area contributed by atoms with E-state index in [2.05, 4.69) is 23.2 Å². The maximum Gasteiger partial charge on any atom is 0.240 e. The second-order valence-corrected chi connectivity index (χ2v) is 7.58. The van der Waals surface area contributed by atoms with Gasteiger partial charge >= 0.3 is 0 Å². The quantitative estimate of drug-likeness (QED) is 0.864.